The zero-order valence-corrected chi connectivity index (χ0v) is 19.1. The smallest absolute Gasteiger partial charge is 0.242 e. The number of methoxy groups -OCH3 is 1. The lowest BCUT2D eigenvalue weighted by atomic mass is 10.1. The number of carbonyl (C=O) groups is 2. The first kappa shape index (κ1) is 25.2. The van der Waals surface area contributed by atoms with Crippen LogP contribution in [0.5, 0.6) is 11.5 Å². The van der Waals surface area contributed by atoms with Crippen LogP contribution in [-0.2, 0) is 16.1 Å². The third-order valence-electron chi connectivity index (χ3n) is 5.06. The molecular formula is C25H33FN2O4. The summed E-state index contributed by atoms with van der Waals surface area (Å²) in [5.74, 6) is 0.809. The number of hydrogen-bond acceptors (Lipinski definition) is 4. The highest BCUT2D eigenvalue weighted by Crippen LogP contribution is 2.18. The Kier molecular flexibility index (Phi) is 10.5. The van der Waals surface area contributed by atoms with Gasteiger partial charge in [-0.05, 0) is 61.2 Å². The van der Waals surface area contributed by atoms with E-state index in [0.717, 1.165) is 17.7 Å². The summed E-state index contributed by atoms with van der Waals surface area (Å²) < 4.78 is 24.1. The van der Waals surface area contributed by atoms with E-state index in [-0.39, 0.29) is 30.6 Å². The Morgan fingerprint density at radius 3 is 2.28 bits per heavy atom. The van der Waals surface area contributed by atoms with Gasteiger partial charge in [0.2, 0.25) is 11.8 Å². The molecule has 2 aromatic rings. The van der Waals surface area contributed by atoms with E-state index < -0.39 is 6.04 Å². The quantitative estimate of drug-likeness (QED) is 0.467. The number of benzene rings is 2. The van der Waals surface area contributed by atoms with E-state index in [0.29, 0.717) is 31.7 Å². The van der Waals surface area contributed by atoms with Crippen molar-refractivity contribution in [2.24, 2.45) is 0 Å². The van der Waals surface area contributed by atoms with Gasteiger partial charge in [0.25, 0.3) is 0 Å². The number of amides is 2. The molecule has 0 heterocycles. The molecule has 0 unspecified atom stereocenters. The minimum atomic E-state index is -0.582. The lowest BCUT2D eigenvalue weighted by Gasteiger charge is -2.30. The molecule has 174 valence electrons. The van der Waals surface area contributed by atoms with E-state index in [1.165, 1.54) is 12.1 Å². The van der Waals surface area contributed by atoms with Crippen LogP contribution in [0.4, 0.5) is 4.39 Å². The van der Waals surface area contributed by atoms with Crippen LogP contribution in [0.25, 0.3) is 0 Å². The van der Waals surface area contributed by atoms with Crippen molar-refractivity contribution in [3.05, 3.63) is 59.9 Å². The third kappa shape index (κ3) is 7.87. The van der Waals surface area contributed by atoms with Crippen LogP contribution in [0.2, 0.25) is 0 Å². The Hall–Kier alpha value is -3.09. The van der Waals surface area contributed by atoms with Crippen molar-refractivity contribution in [1.82, 2.24) is 10.2 Å². The van der Waals surface area contributed by atoms with Crippen molar-refractivity contribution in [3.63, 3.8) is 0 Å². The molecule has 32 heavy (non-hydrogen) atoms. The fraction of sp³-hybridized carbons (Fsp3) is 0.440. The van der Waals surface area contributed by atoms with Gasteiger partial charge < -0.3 is 19.7 Å². The van der Waals surface area contributed by atoms with Crippen molar-refractivity contribution >= 4 is 11.8 Å². The van der Waals surface area contributed by atoms with Gasteiger partial charge in [0.15, 0.2) is 0 Å². The van der Waals surface area contributed by atoms with Gasteiger partial charge in [-0.3, -0.25) is 9.59 Å². The summed E-state index contributed by atoms with van der Waals surface area (Å²) in [6, 6.07) is 12.7. The van der Waals surface area contributed by atoms with Crippen LogP contribution in [0.3, 0.4) is 0 Å². The summed E-state index contributed by atoms with van der Waals surface area (Å²) in [4.78, 5) is 27.4. The van der Waals surface area contributed by atoms with Crippen molar-refractivity contribution in [1.29, 1.82) is 0 Å². The van der Waals surface area contributed by atoms with Gasteiger partial charge in [0, 0.05) is 19.5 Å². The van der Waals surface area contributed by atoms with E-state index in [1.807, 2.05) is 38.1 Å². The minimum Gasteiger partial charge on any atom is -0.497 e. The number of hydrogen-bond donors (Lipinski definition) is 1. The topological polar surface area (TPSA) is 67.9 Å². The zero-order valence-electron chi connectivity index (χ0n) is 19.1. The fourth-order valence-corrected chi connectivity index (χ4v) is 3.30. The second-order valence-corrected chi connectivity index (χ2v) is 7.49. The molecule has 1 atom stereocenters. The highest BCUT2D eigenvalue weighted by Gasteiger charge is 2.28. The SMILES string of the molecule is CCCNC(=O)[C@H](CC)N(Cc1ccc(F)cc1)C(=O)CCCOc1ccc(OC)cc1. The molecule has 0 radical (unpaired) electrons. The molecule has 0 bridgehead atoms. The molecule has 2 rings (SSSR count). The fourth-order valence-electron chi connectivity index (χ4n) is 3.30. The van der Waals surface area contributed by atoms with Crippen LogP contribution in [-0.4, -0.2) is 43.0 Å². The monoisotopic (exact) mass is 444 g/mol. The van der Waals surface area contributed by atoms with E-state index in [9.17, 15) is 14.0 Å². The van der Waals surface area contributed by atoms with Gasteiger partial charge in [-0.1, -0.05) is 26.0 Å². The Bertz CT molecular complexity index is 840. The van der Waals surface area contributed by atoms with E-state index >= 15 is 0 Å². The first-order valence-corrected chi connectivity index (χ1v) is 11.1. The number of halogens is 1. The largest absolute Gasteiger partial charge is 0.497 e. The average Bonchev–Trinajstić information content (AvgIpc) is 2.81. The van der Waals surface area contributed by atoms with Crippen LogP contribution in [0.1, 0.15) is 45.1 Å². The molecule has 0 spiro atoms. The van der Waals surface area contributed by atoms with Crippen LogP contribution in [0, 0.1) is 5.82 Å². The molecule has 0 saturated carbocycles. The molecule has 0 aliphatic heterocycles. The summed E-state index contributed by atoms with van der Waals surface area (Å²) in [5.41, 5.74) is 0.774. The summed E-state index contributed by atoms with van der Waals surface area (Å²) >= 11 is 0. The van der Waals surface area contributed by atoms with Crippen molar-refractivity contribution in [2.75, 3.05) is 20.3 Å². The Balaban J connectivity index is 2.01. The first-order valence-electron chi connectivity index (χ1n) is 11.1. The van der Waals surface area contributed by atoms with Crippen LogP contribution < -0.4 is 14.8 Å². The maximum absolute atomic E-state index is 13.3. The average molecular weight is 445 g/mol. The number of ether oxygens (including phenoxy) is 2. The predicted octanol–water partition coefficient (Wildman–Crippen LogP) is 4.33. The standard InChI is InChI=1S/C25H33FN2O4/c1-4-16-27-25(30)23(5-2)28(18-19-8-10-20(26)11-9-19)24(29)7-6-17-32-22-14-12-21(31-3)13-15-22/h8-15,23H,4-7,16-18H2,1-3H3,(H,27,30)/t23-/m0/s1. The zero-order chi connectivity index (χ0) is 23.3. The lowest BCUT2D eigenvalue weighted by molar-refractivity contribution is -0.141. The number of rotatable bonds is 13. The van der Waals surface area contributed by atoms with Crippen LogP contribution in [0.15, 0.2) is 48.5 Å². The molecule has 7 heteroatoms. The molecule has 2 amide bonds. The molecule has 0 aliphatic rings. The molecular weight excluding hydrogens is 411 g/mol. The molecule has 0 fully saturated rings. The van der Waals surface area contributed by atoms with Gasteiger partial charge >= 0.3 is 0 Å². The number of nitrogens with zero attached hydrogens (tertiary/aromatic N) is 1. The van der Waals surface area contributed by atoms with Gasteiger partial charge in [0.1, 0.15) is 23.4 Å². The lowest BCUT2D eigenvalue weighted by Crippen LogP contribution is -2.49. The Labute approximate surface area is 189 Å². The Morgan fingerprint density at radius 1 is 1.03 bits per heavy atom. The minimum absolute atomic E-state index is 0.133. The summed E-state index contributed by atoms with van der Waals surface area (Å²) in [6.45, 7) is 5.04. The van der Waals surface area contributed by atoms with Gasteiger partial charge in [-0.25, -0.2) is 4.39 Å². The molecule has 1 N–H and O–H groups in total. The van der Waals surface area contributed by atoms with Crippen LogP contribution >= 0.6 is 0 Å². The van der Waals surface area contributed by atoms with Crippen molar-refractivity contribution in [2.45, 2.75) is 52.1 Å². The Morgan fingerprint density at radius 2 is 1.69 bits per heavy atom. The first-order chi connectivity index (χ1) is 15.5. The maximum Gasteiger partial charge on any atom is 0.242 e. The van der Waals surface area contributed by atoms with Crippen molar-refractivity contribution in [3.8, 4) is 11.5 Å². The van der Waals surface area contributed by atoms with Gasteiger partial charge in [-0.15, -0.1) is 0 Å². The molecule has 0 saturated heterocycles. The van der Waals surface area contributed by atoms with Crippen molar-refractivity contribution < 1.29 is 23.5 Å². The normalized spacial score (nSPS) is 11.5. The molecule has 2 aromatic carbocycles. The van der Waals surface area contributed by atoms with Gasteiger partial charge in [0.05, 0.1) is 13.7 Å². The molecule has 0 aliphatic carbocycles. The van der Waals surface area contributed by atoms with E-state index in [4.69, 9.17) is 9.47 Å². The summed E-state index contributed by atoms with van der Waals surface area (Å²) in [5, 5.41) is 2.88. The maximum atomic E-state index is 13.3. The number of carbonyl (C=O) groups excluding carboxylic acids is 2. The third-order valence-corrected chi connectivity index (χ3v) is 5.06. The van der Waals surface area contributed by atoms with Gasteiger partial charge in [-0.2, -0.15) is 0 Å². The predicted molar refractivity (Wildman–Crippen MR) is 122 cm³/mol. The number of nitrogens with one attached hydrogen (secondary N) is 1. The second-order valence-electron chi connectivity index (χ2n) is 7.49. The highest BCUT2D eigenvalue weighted by atomic mass is 19.1. The van der Waals surface area contributed by atoms with E-state index in [2.05, 4.69) is 5.32 Å². The molecule has 6 nitrogen and oxygen atoms in total. The van der Waals surface area contributed by atoms with E-state index in [1.54, 1.807) is 24.1 Å². The summed E-state index contributed by atoms with van der Waals surface area (Å²) in [7, 11) is 1.60. The second kappa shape index (κ2) is 13.3. The highest BCUT2D eigenvalue weighted by molar-refractivity contribution is 5.87. The molecule has 0 aromatic heterocycles. The summed E-state index contributed by atoms with van der Waals surface area (Å²) in [6.07, 6.45) is 2.06.